The number of H-pyrrole nitrogens is 1. The van der Waals surface area contributed by atoms with Crippen LogP contribution in [-0.2, 0) is 16.0 Å². The highest BCUT2D eigenvalue weighted by Gasteiger charge is 2.31. The normalized spacial score (nSPS) is 21.8. The van der Waals surface area contributed by atoms with E-state index in [4.69, 9.17) is 0 Å². The number of likely N-dealkylation sites (N-methyl/N-ethyl adjacent to an activating group) is 1. The van der Waals surface area contributed by atoms with Gasteiger partial charge in [0.25, 0.3) is 0 Å². The molecular formula is C17H28N4O3. The van der Waals surface area contributed by atoms with Gasteiger partial charge in [0.2, 0.25) is 5.91 Å². The average molecular weight is 336 g/mol. The summed E-state index contributed by atoms with van der Waals surface area (Å²) in [5.74, 6) is -1.28. The maximum atomic E-state index is 12.7. The molecule has 2 rings (SSSR count). The minimum absolute atomic E-state index is 0.00931. The van der Waals surface area contributed by atoms with Crippen LogP contribution in [0.15, 0.2) is 0 Å². The Morgan fingerprint density at radius 2 is 2.00 bits per heavy atom. The molecule has 7 nitrogen and oxygen atoms in total. The number of amides is 1. The monoisotopic (exact) mass is 336 g/mol. The van der Waals surface area contributed by atoms with Gasteiger partial charge in [-0.05, 0) is 46.3 Å². The van der Waals surface area contributed by atoms with Gasteiger partial charge in [-0.2, -0.15) is 5.10 Å². The first-order chi connectivity index (χ1) is 11.3. The molecule has 7 heteroatoms. The Kier molecular flexibility index (Phi) is 5.99. The second kappa shape index (κ2) is 7.79. The van der Waals surface area contributed by atoms with E-state index in [1.807, 2.05) is 27.9 Å². The van der Waals surface area contributed by atoms with Crippen molar-refractivity contribution >= 4 is 11.9 Å². The summed E-state index contributed by atoms with van der Waals surface area (Å²) < 4.78 is 0. The van der Waals surface area contributed by atoms with Crippen molar-refractivity contribution in [1.82, 2.24) is 20.0 Å². The van der Waals surface area contributed by atoms with Gasteiger partial charge in [0.15, 0.2) is 0 Å². The summed E-state index contributed by atoms with van der Waals surface area (Å²) in [6.07, 6.45) is 2.35. The van der Waals surface area contributed by atoms with E-state index in [2.05, 4.69) is 15.1 Å². The maximum absolute atomic E-state index is 12.7. The second-order valence-electron chi connectivity index (χ2n) is 6.95. The van der Waals surface area contributed by atoms with Crippen LogP contribution in [0.1, 0.15) is 36.2 Å². The molecule has 0 radical (unpaired) electrons. The number of carboxylic acid groups (broad SMARTS) is 1. The van der Waals surface area contributed by atoms with Crippen molar-refractivity contribution in [2.24, 2.45) is 5.92 Å². The summed E-state index contributed by atoms with van der Waals surface area (Å²) in [5.41, 5.74) is 3.02. The average Bonchev–Trinajstić information content (AvgIpc) is 2.75. The number of rotatable bonds is 5. The molecule has 1 aliphatic rings. The van der Waals surface area contributed by atoms with E-state index < -0.39 is 11.9 Å². The number of carbonyl (C=O) groups is 2. The second-order valence-corrected chi connectivity index (χ2v) is 6.95. The first kappa shape index (κ1) is 18.4. The predicted octanol–water partition coefficient (Wildman–Crippen LogP) is 1.21. The molecule has 1 saturated heterocycles. The SMILES string of the molecule is Cc1[nH]nc(CCC(=O)N2C[C@@H](C(=O)O)CC[C@@H](N(C)C)C2)c1C. The van der Waals surface area contributed by atoms with Gasteiger partial charge < -0.3 is 14.9 Å². The van der Waals surface area contributed by atoms with E-state index in [1.165, 1.54) is 0 Å². The molecule has 0 spiro atoms. The van der Waals surface area contributed by atoms with Crippen LogP contribution in [-0.4, -0.2) is 70.2 Å². The fraction of sp³-hybridized carbons (Fsp3) is 0.706. The summed E-state index contributed by atoms with van der Waals surface area (Å²) in [5, 5.41) is 16.5. The van der Waals surface area contributed by atoms with Gasteiger partial charge in [-0.25, -0.2) is 0 Å². The number of aliphatic carboxylic acids is 1. The van der Waals surface area contributed by atoms with Crippen LogP contribution in [0.4, 0.5) is 0 Å². The largest absolute Gasteiger partial charge is 0.481 e. The van der Waals surface area contributed by atoms with Crippen molar-refractivity contribution in [2.75, 3.05) is 27.2 Å². The van der Waals surface area contributed by atoms with E-state index in [-0.39, 0.29) is 11.9 Å². The van der Waals surface area contributed by atoms with E-state index in [0.29, 0.717) is 32.4 Å². The van der Waals surface area contributed by atoms with Crippen LogP contribution in [0.5, 0.6) is 0 Å². The van der Waals surface area contributed by atoms with Gasteiger partial charge in [-0.1, -0.05) is 0 Å². The number of nitrogens with one attached hydrogen (secondary N) is 1. The van der Waals surface area contributed by atoms with Crippen molar-refractivity contribution < 1.29 is 14.7 Å². The highest BCUT2D eigenvalue weighted by Crippen LogP contribution is 2.21. The third-order valence-corrected chi connectivity index (χ3v) is 5.08. The highest BCUT2D eigenvalue weighted by molar-refractivity contribution is 5.78. The van der Waals surface area contributed by atoms with E-state index in [9.17, 15) is 14.7 Å². The van der Waals surface area contributed by atoms with Crippen molar-refractivity contribution in [1.29, 1.82) is 0 Å². The fourth-order valence-electron chi connectivity index (χ4n) is 3.16. The van der Waals surface area contributed by atoms with Crippen molar-refractivity contribution in [2.45, 2.75) is 45.6 Å². The molecule has 1 amide bonds. The molecule has 2 N–H and O–H groups in total. The lowest BCUT2D eigenvalue weighted by Gasteiger charge is -2.29. The van der Waals surface area contributed by atoms with Gasteiger partial charge in [0, 0.05) is 37.7 Å². The molecule has 1 aliphatic heterocycles. The van der Waals surface area contributed by atoms with E-state index in [1.54, 1.807) is 4.90 Å². The molecular weight excluding hydrogens is 308 g/mol. The summed E-state index contributed by atoms with van der Waals surface area (Å²) >= 11 is 0. The third-order valence-electron chi connectivity index (χ3n) is 5.08. The van der Waals surface area contributed by atoms with Gasteiger partial charge >= 0.3 is 5.97 Å². The van der Waals surface area contributed by atoms with Crippen LogP contribution >= 0.6 is 0 Å². The Morgan fingerprint density at radius 1 is 1.29 bits per heavy atom. The van der Waals surface area contributed by atoms with Gasteiger partial charge in [0.1, 0.15) is 0 Å². The number of aromatic nitrogens is 2. The number of nitrogens with zero attached hydrogens (tertiary/aromatic N) is 3. The minimum Gasteiger partial charge on any atom is -0.481 e. The molecule has 0 saturated carbocycles. The molecule has 134 valence electrons. The number of aryl methyl sites for hydroxylation is 2. The zero-order valence-electron chi connectivity index (χ0n) is 15.0. The molecule has 0 bridgehead atoms. The quantitative estimate of drug-likeness (QED) is 0.844. The first-order valence-corrected chi connectivity index (χ1v) is 8.47. The summed E-state index contributed by atoms with van der Waals surface area (Å²) in [4.78, 5) is 27.9. The molecule has 1 aromatic rings. The Balaban J connectivity index is 2.03. The molecule has 0 aliphatic carbocycles. The Morgan fingerprint density at radius 3 is 2.54 bits per heavy atom. The van der Waals surface area contributed by atoms with E-state index >= 15 is 0 Å². The number of carbonyl (C=O) groups excluding carboxylic acids is 1. The Labute approximate surface area is 143 Å². The molecule has 1 fully saturated rings. The molecule has 2 heterocycles. The van der Waals surface area contributed by atoms with Gasteiger partial charge in [-0.15, -0.1) is 0 Å². The van der Waals surface area contributed by atoms with Crippen LogP contribution in [0.2, 0.25) is 0 Å². The van der Waals surface area contributed by atoms with Gasteiger partial charge in [0.05, 0.1) is 11.6 Å². The molecule has 0 aromatic carbocycles. The molecule has 0 unspecified atom stereocenters. The third kappa shape index (κ3) is 4.35. The van der Waals surface area contributed by atoms with Gasteiger partial charge in [-0.3, -0.25) is 14.7 Å². The standard InChI is InChI=1S/C17H28N4O3/c1-11-12(2)18-19-15(11)7-8-16(22)21-9-13(17(23)24)5-6-14(10-21)20(3)4/h13-14H,5-10H2,1-4H3,(H,18,19)(H,23,24)/t13-,14+/m0/s1. The number of carboxylic acids is 1. The number of hydrogen-bond acceptors (Lipinski definition) is 4. The zero-order valence-corrected chi connectivity index (χ0v) is 15.0. The lowest BCUT2D eigenvalue weighted by Crippen LogP contribution is -2.43. The Bertz CT molecular complexity index is 597. The zero-order chi connectivity index (χ0) is 17.9. The summed E-state index contributed by atoms with van der Waals surface area (Å²) in [6, 6.07) is 0.202. The van der Waals surface area contributed by atoms with Crippen LogP contribution in [0.25, 0.3) is 0 Å². The lowest BCUT2D eigenvalue weighted by atomic mass is 10.0. The summed E-state index contributed by atoms with van der Waals surface area (Å²) in [6.45, 7) is 4.85. The number of hydrogen-bond donors (Lipinski definition) is 2. The maximum Gasteiger partial charge on any atom is 0.308 e. The summed E-state index contributed by atoms with van der Waals surface area (Å²) in [7, 11) is 3.95. The highest BCUT2D eigenvalue weighted by atomic mass is 16.4. The smallest absolute Gasteiger partial charge is 0.308 e. The van der Waals surface area contributed by atoms with Crippen LogP contribution in [0, 0.1) is 19.8 Å². The lowest BCUT2D eigenvalue weighted by molar-refractivity contribution is -0.143. The molecule has 24 heavy (non-hydrogen) atoms. The fourth-order valence-corrected chi connectivity index (χ4v) is 3.16. The minimum atomic E-state index is -0.814. The van der Waals surface area contributed by atoms with Crippen LogP contribution < -0.4 is 0 Å². The molecule has 1 aromatic heterocycles. The van der Waals surface area contributed by atoms with Crippen molar-refractivity contribution in [3.8, 4) is 0 Å². The number of aromatic amines is 1. The topological polar surface area (TPSA) is 89.5 Å². The molecule has 2 atom stereocenters. The first-order valence-electron chi connectivity index (χ1n) is 8.47. The van der Waals surface area contributed by atoms with Crippen LogP contribution in [0.3, 0.4) is 0 Å². The van der Waals surface area contributed by atoms with E-state index in [0.717, 1.165) is 23.4 Å². The number of likely N-dealkylation sites (tertiary alicyclic amines) is 1. The van der Waals surface area contributed by atoms with Crippen molar-refractivity contribution in [3.05, 3.63) is 17.0 Å². The van der Waals surface area contributed by atoms with Crippen molar-refractivity contribution in [3.63, 3.8) is 0 Å². The predicted molar refractivity (Wildman–Crippen MR) is 90.8 cm³/mol. The Hall–Kier alpha value is -1.89.